The van der Waals surface area contributed by atoms with Gasteiger partial charge < -0.3 is 71.1 Å². The fourth-order valence-corrected chi connectivity index (χ4v) is 12.9. The van der Waals surface area contributed by atoms with Crippen LogP contribution >= 0.6 is 0 Å². The molecular weight excluding hydrogens is 1450 g/mol. The minimum Gasteiger partial charge on any atom is -0.485 e. The minimum absolute atomic E-state index is 0.00851. The van der Waals surface area contributed by atoms with Crippen molar-refractivity contribution < 1.29 is 95.0 Å². The van der Waals surface area contributed by atoms with Crippen molar-refractivity contribution in [2.75, 3.05) is 6.61 Å². The molecule has 5 atom stereocenters. The highest BCUT2D eigenvalue weighted by molar-refractivity contribution is 6.09. The van der Waals surface area contributed by atoms with Crippen LogP contribution in [0.25, 0.3) is 11.1 Å². The van der Waals surface area contributed by atoms with E-state index in [1.54, 1.807) is 0 Å². The number of ether oxygens (including phenoxy) is 15. The first-order valence-corrected chi connectivity index (χ1v) is 37.1. The first-order chi connectivity index (χ1) is 55.9. The zero-order valence-corrected chi connectivity index (χ0v) is 62.4. The third kappa shape index (κ3) is 19.8. The van der Waals surface area contributed by atoms with Gasteiger partial charge in [0.2, 0.25) is 29.6 Å². The van der Waals surface area contributed by atoms with E-state index in [9.17, 15) is 9.59 Å². The van der Waals surface area contributed by atoms with Crippen LogP contribution in [-0.4, -0.2) is 67.2 Å². The van der Waals surface area contributed by atoms with Crippen LogP contribution in [0.2, 0.25) is 0 Å². The van der Waals surface area contributed by atoms with Crippen LogP contribution in [0.1, 0.15) is 95.0 Å². The zero-order chi connectivity index (χ0) is 78.4. The van der Waals surface area contributed by atoms with Crippen LogP contribution in [0.5, 0.6) is 51.7 Å². The Balaban J connectivity index is 0.976. The molecule has 20 heteroatoms. The molecular formula is C94H80O20. The molecule has 576 valence electrons. The second-order valence-electron chi connectivity index (χ2n) is 26.7. The Morgan fingerprint density at radius 1 is 0.316 bits per heavy atom. The van der Waals surface area contributed by atoms with E-state index >= 15 is 14.4 Å². The Morgan fingerprint density at radius 3 is 0.904 bits per heavy atom. The number of hydrogen-bond donors (Lipinski definition) is 0. The summed E-state index contributed by atoms with van der Waals surface area (Å²) in [6.45, 7) is 0.664. The Bertz CT molecular complexity index is 5150. The highest BCUT2D eigenvalue weighted by Gasteiger charge is 2.55. The quantitative estimate of drug-likeness (QED) is 0.0291. The highest BCUT2D eigenvalue weighted by Crippen LogP contribution is 2.56. The largest absolute Gasteiger partial charge is 0.485 e. The number of carbonyl (C=O) groups is 5. The van der Waals surface area contributed by atoms with Gasteiger partial charge in [-0.25, -0.2) is 14.4 Å². The zero-order valence-electron chi connectivity index (χ0n) is 62.4. The van der Waals surface area contributed by atoms with Crippen LogP contribution < -0.4 is 42.6 Å². The van der Waals surface area contributed by atoms with Gasteiger partial charge in [-0.05, 0) is 74.3 Å². The Kier molecular flexibility index (Phi) is 25.4. The van der Waals surface area contributed by atoms with Crippen molar-refractivity contribution in [3.63, 3.8) is 0 Å². The van der Waals surface area contributed by atoms with Gasteiger partial charge in [0, 0.05) is 25.0 Å². The molecule has 0 amide bonds. The van der Waals surface area contributed by atoms with Gasteiger partial charge in [-0.15, -0.1) is 0 Å². The van der Waals surface area contributed by atoms with Gasteiger partial charge in [0.25, 0.3) is 0 Å². The van der Waals surface area contributed by atoms with Gasteiger partial charge in [-0.2, -0.15) is 0 Å². The molecule has 0 aliphatic carbocycles. The summed E-state index contributed by atoms with van der Waals surface area (Å²) in [7, 11) is 0. The van der Waals surface area contributed by atoms with Gasteiger partial charge in [0.1, 0.15) is 72.2 Å². The minimum atomic E-state index is -2.08. The van der Waals surface area contributed by atoms with E-state index in [-0.39, 0.29) is 133 Å². The maximum atomic E-state index is 17.0. The summed E-state index contributed by atoms with van der Waals surface area (Å²) < 4.78 is 101. The second kappa shape index (κ2) is 37.7. The molecule has 0 saturated carbocycles. The van der Waals surface area contributed by atoms with E-state index in [4.69, 9.17) is 71.1 Å². The van der Waals surface area contributed by atoms with Crippen molar-refractivity contribution in [3.05, 3.63) is 364 Å². The topological polar surface area (TPSA) is 224 Å². The Labute approximate surface area is 659 Å². The maximum absolute atomic E-state index is 17.0. The van der Waals surface area contributed by atoms with Crippen molar-refractivity contribution in [2.45, 2.75) is 104 Å². The van der Waals surface area contributed by atoms with E-state index < -0.39 is 72.7 Å². The van der Waals surface area contributed by atoms with Gasteiger partial charge in [0.05, 0.1) is 16.7 Å². The smallest absolute Gasteiger partial charge is 0.340 e. The van der Waals surface area contributed by atoms with Crippen molar-refractivity contribution in [3.8, 4) is 62.9 Å². The summed E-state index contributed by atoms with van der Waals surface area (Å²) >= 11 is 0. The molecule has 2 bridgehead atoms. The normalized spacial score (nSPS) is 15.5. The van der Waals surface area contributed by atoms with Gasteiger partial charge >= 0.3 is 29.8 Å². The summed E-state index contributed by atoms with van der Waals surface area (Å²) in [4.78, 5) is 76.8. The lowest BCUT2D eigenvalue weighted by Gasteiger charge is -2.44. The number of rotatable bonds is 31. The number of cyclic esters (lactones) is 1. The predicted octanol–water partition coefficient (Wildman–Crippen LogP) is 17.7. The predicted molar refractivity (Wildman–Crippen MR) is 420 cm³/mol. The molecule has 1 fully saturated rings. The lowest BCUT2D eigenvalue weighted by Crippen LogP contribution is -2.63. The second-order valence-corrected chi connectivity index (χ2v) is 26.7. The molecule has 0 aromatic heterocycles. The van der Waals surface area contributed by atoms with E-state index in [0.29, 0.717) is 16.7 Å². The monoisotopic (exact) mass is 1530 g/mol. The summed E-state index contributed by atoms with van der Waals surface area (Å²) in [6, 6.07) is 89.5. The van der Waals surface area contributed by atoms with Crippen LogP contribution in [-0.2, 0) is 97.5 Å². The first-order valence-electron chi connectivity index (χ1n) is 37.1. The molecule has 12 aromatic carbocycles. The van der Waals surface area contributed by atoms with Crippen molar-refractivity contribution in [2.24, 2.45) is 0 Å². The third-order valence-corrected chi connectivity index (χ3v) is 18.5. The fraction of sp³-hybridized carbons (Fsp3) is 0.181. The van der Waals surface area contributed by atoms with Gasteiger partial charge in [-0.1, -0.05) is 273 Å². The molecule has 1 saturated heterocycles. The van der Waals surface area contributed by atoms with Crippen molar-refractivity contribution in [1.29, 1.82) is 0 Å². The lowest BCUT2D eigenvalue weighted by atomic mass is 9.91. The number of fused-ring (bicyclic) bond motifs is 5. The third-order valence-electron chi connectivity index (χ3n) is 18.5. The summed E-state index contributed by atoms with van der Waals surface area (Å²) in [6.07, 6.45) is -9.61. The molecule has 2 aliphatic rings. The number of benzene rings is 12. The molecule has 14 rings (SSSR count). The molecule has 114 heavy (non-hydrogen) atoms. The molecule has 0 N–H and O–H groups in total. The highest BCUT2D eigenvalue weighted by atomic mass is 16.7. The van der Waals surface area contributed by atoms with Crippen molar-refractivity contribution >= 4 is 29.8 Å². The standard InChI is InChI=1S/C94H80O20/c1-62(95)110-86-80-61-109-92(98)74-50-78(102-54-66-34-16-5-17-35-66)84(105-57-69-40-22-8-23-41-69)87(107-59-71-44-26-10-27-45-71)81(74)82-75(51-79(103-55-67-36-18-6-19-37-67)85(106-58-70-42-24-9-25-43-70)88(82)108-60-72-46-28-11-29-47-72)93(99)113-89(86)90(111-63(2)96)94(112-80)114-91(97)73-48-76(100-52-64-30-12-3-13-31-64)83(104-56-68-38-20-7-21-39-68)77(49-73)101-53-65-32-14-4-15-33-65/h3-51,80,86,89-90,94H,52-61H2,1-2H3/t80-,86-,89+,90-,94+/m1/s1. The average molecular weight is 1530 g/mol. The first kappa shape index (κ1) is 76.9. The molecule has 12 aromatic rings. The number of hydrogen-bond acceptors (Lipinski definition) is 20. The van der Waals surface area contributed by atoms with E-state index in [1.807, 2.05) is 273 Å². The molecule has 0 radical (unpaired) electrons. The number of carbonyl (C=O) groups excluding carboxylic acids is 5. The van der Waals surface area contributed by atoms with Crippen LogP contribution in [0, 0.1) is 0 Å². The number of esters is 5. The molecule has 2 heterocycles. The van der Waals surface area contributed by atoms with E-state index in [2.05, 4.69) is 0 Å². The molecule has 0 spiro atoms. The lowest BCUT2D eigenvalue weighted by molar-refractivity contribution is -0.290. The van der Waals surface area contributed by atoms with E-state index in [1.165, 1.54) is 24.3 Å². The molecule has 2 aliphatic heterocycles. The SMILES string of the molecule is CC(=O)O[C@H]1[C@H](OC(=O)c2cc(OCc3ccccc3)c(OCc3ccccc3)c(OCc3ccccc3)c2)O[C@@H]2COC(=O)c3cc(OCc4ccccc4)c(OCc4ccccc4)c(OCc4ccccc4)c3-c3c(cc(OCc4ccccc4)c(OCc4ccccc4)c3OCc3ccccc3)C(=O)O[C@H]1[C@@H]2OC(C)=O. The van der Waals surface area contributed by atoms with Crippen LogP contribution in [0.3, 0.4) is 0 Å². The Hall–Kier alpha value is -13.9. The van der Waals surface area contributed by atoms with Crippen molar-refractivity contribution in [1.82, 2.24) is 0 Å². The molecule has 0 unspecified atom stereocenters. The average Bonchev–Trinajstić information content (AvgIpc) is 0.730. The van der Waals surface area contributed by atoms with Gasteiger partial charge in [-0.3, -0.25) is 9.59 Å². The van der Waals surface area contributed by atoms with E-state index in [0.717, 1.165) is 47.2 Å². The van der Waals surface area contributed by atoms with Crippen LogP contribution in [0.4, 0.5) is 0 Å². The summed E-state index contributed by atoms with van der Waals surface area (Å²) in [5, 5.41) is 0. The summed E-state index contributed by atoms with van der Waals surface area (Å²) in [5.41, 5.74) is 5.37. The van der Waals surface area contributed by atoms with Crippen LogP contribution in [0.15, 0.2) is 297 Å². The fourth-order valence-electron chi connectivity index (χ4n) is 12.9. The summed E-state index contributed by atoms with van der Waals surface area (Å²) in [5.74, 6) is -5.59. The molecule has 20 nitrogen and oxygen atoms in total. The Morgan fingerprint density at radius 2 is 0.588 bits per heavy atom. The van der Waals surface area contributed by atoms with Gasteiger partial charge in [0.15, 0.2) is 46.7 Å². The maximum Gasteiger partial charge on any atom is 0.340 e.